The first-order chi connectivity index (χ1) is 11.9. The van der Waals surface area contributed by atoms with Gasteiger partial charge in [0.15, 0.2) is 5.76 Å². The molecule has 5 heteroatoms. The van der Waals surface area contributed by atoms with Crippen LogP contribution in [0.3, 0.4) is 0 Å². The van der Waals surface area contributed by atoms with Crippen molar-refractivity contribution < 1.29 is 9.21 Å². The highest BCUT2D eigenvalue weighted by atomic mass is 32.1. The van der Waals surface area contributed by atoms with Crippen molar-refractivity contribution in [3.05, 3.63) is 56.3 Å². The second-order valence-corrected chi connectivity index (χ2v) is 7.92. The Balaban J connectivity index is 1.70. The molecule has 1 amide bonds. The van der Waals surface area contributed by atoms with Gasteiger partial charge in [0.05, 0.1) is 10.7 Å². The van der Waals surface area contributed by atoms with E-state index in [2.05, 4.69) is 16.4 Å². The van der Waals surface area contributed by atoms with Crippen LogP contribution >= 0.6 is 11.3 Å². The van der Waals surface area contributed by atoms with Gasteiger partial charge in [-0.3, -0.25) is 4.79 Å². The zero-order chi connectivity index (χ0) is 17.7. The smallest absolute Gasteiger partial charge is 0.291 e. The van der Waals surface area contributed by atoms with Gasteiger partial charge < -0.3 is 9.73 Å². The Bertz CT molecular complexity index is 998. The van der Waals surface area contributed by atoms with Crippen molar-refractivity contribution in [2.75, 3.05) is 5.32 Å². The molecule has 2 aromatic heterocycles. The lowest BCUT2D eigenvalue weighted by atomic mass is 9.97. The number of amides is 1. The maximum Gasteiger partial charge on any atom is 0.291 e. The molecule has 1 aliphatic rings. The molecule has 0 saturated heterocycles. The van der Waals surface area contributed by atoms with E-state index in [0.717, 1.165) is 51.7 Å². The number of benzene rings is 1. The highest BCUT2D eigenvalue weighted by Gasteiger charge is 2.29. The van der Waals surface area contributed by atoms with Crippen LogP contribution in [0.1, 0.15) is 42.9 Å². The summed E-state index contributed by atoms with van der Waals surface area (Å²) in [7, 11) is 0. The van der Waals surface area contributed by atoms with Gasteiger partial charge in [-0.15, -0.1) is 11.3 Å². The molecule has 25 heavy (non-hydrogen) atoms. The van der Waals surface area contributed by atoms with Crippen LogP contribution in [0.4, 0.5) is 5.69 Å². The molecule has 0 bridgehead atoms. The van der Waals surface area contributed by atoms with Crippen LogP contribution in [0.2, 0.25) is 0 Å². The highest BCUT2D eigenvalue weighted by molar-refractivity contribution is 7.12. The SMILES string of the molecule is Cc1ccc(NC(=O)c2oc3c(c2C)-c2nc(C)sc2CC3)c(C)c1. The van der Waals surface area contributed by atoms with Crippen molar-refractivity contribution in [1.29, 1.82) is 0 Å². The monoisotopic (exact) mass is 352 g/mol. The van der Waals surface area contributed by atoms with Crippen LogP contribution in [0.25, 0.3) is 11.3 Å². The minimum absolute atomic E-state index is 0.202. The van der Waals surface area contributed by atoms with Crippen molar-refractivity contribution in [2.24, 2.45) is 0 Å². The van der Waals surface area contributed by atoms with Crippen LogP contribution in [0, 0.1) is 27.7 Å². The summed E-state index contributed by atoms with van der Waals surface area (Å²) in [5.74, 6) is 1.07. The third kappa shape index (κ3) is 2.68. The maximum absolute atomic E-state index is 12.8. The average Bonchev–Trinajstić information content (AvgIpc) is 3.09. The Morgan fingerprint density at radius 1 is 1.20 bits per heavy atom. The molecule has 2 heterocycles. The molecule has 0 spiro atoms. The molecule has 1 aromatic carbocycles. The van der Waals surface area contributed by atoms with Crippen LogP contribution in [0.5, 0.6) is 0 Å². The Morgan fingerprint density at radius 2 is 2.00 bits per heavy atom. The molecule has 0 saturated carbocycles. The van der Waals surface area contributed by atoms with E-state index in [1.165, 1.54) is 10.4 Å². The number of hydrogen-bond acceptors (Lipinski definition) is 4. The summed E-state index contributed by atoms with van der Waals surface area (Å²) in [4.78, 5) is 18.7. The third-order valence-corrected chi connectivity index (χ3v) is 5.71. The summed E-state index contributed by atoms with van der Waals surface area (Å²) >= 11 is 1.73. The number of aryl methyl sites for hydroxylation is 5. The summed E-state index contributed by atoms with van der Waals surface area (Å²) < 4.78 is 5.95. The number of aromatic nitrogens is 1. The number of thiazole rings is 1. The van der Waals surface area contributed by atoms with E-state index >= 15 is 0 Å². The van der Waals surface area contributed by atoms with Gasteiger partial charge in [0.25, 0.3) is 5.91 Å². The zero-order valence-electron chi connectivity index (χ0n) is 14.8. The largest absolute Gasteiger partial charge is 0.455 e. The summed E-state index contributed by atoms with van der Waals surface area (Å²) in [5.41, 5.74) is 5.91. The predicted octanol–water partition coefficient (Wildman–Crippen LogP) is 4.99. The molecule has 0 unspecified atom stereocenters. The zero-order valence-corrected chi connectivity index (χ0v) is 15.6. The van der Waals surface area contributed by atoms with Crippen LogP contribution in [-0.2, 0) is 12.8 Å². The minimum atomic E-state index is -0.202. The lowest BCUT2D eigenvalue weighted by molar-refractivity contribution is 0.0994. The molecule has 128 valence electrons. The van der Waals surface area contributed by atoms with Gasteiger partial charge in [0.1, 0.15) is 5.76 Å². The predicted molar refractivity (Wildman–Crippen MR) is 101 cm³/mol. The molecule has 4 nitrogen and oxygen atoms in total. The number of anilines is 1. The first kappa shape index (κ1) is 16.1. The maximum atomic E-state index is 12.8. The standard InChI is InChI=1S/C20H20N2O2S/c1-10-5-6-14(11(2)9-10)22-20(23)19-12(3)17-15(24-19)7-8-16-18(17)21-13(4)25-16/h5-6,9H,7-8H2,1-4H3,(H,22,23). The van der Waals surface area contributed by atoms with Crippen molar-refractivity contribution in [3.8, 4) is 11.3 Å². The van der Waals surface area contributed by atoms with Gasteiger partial charge in [-0.1, -0.05) is 17.7 Å². The van der Waals surface area contributed by atoms with Crippen LogP contribution in [-0.4, -0.2) is 10.9 Å². The average molecular weight is 352 g/mol. The van der Waals surface area contributed by atoms with Crippen LogP contribution in [0.15, 0.2) is 22.6 Å². The molecule has 1 N–H and O–H groups in total. The fraction of sp³-hybridized carbons (Fsp3) is 0.300. The lowest BCUT2D eigenvalue weighted by Crippen LogP contribution is -2.13. The Hall–Kier alpha value is -2.40. The normalized spacial score (nSPS) is 12.6. The van der Waals surface area contributed by atoms with Crippen molar-refractivity contribution in [2.45, 2.75) is 40.5 Å². The number of rotatable bonds is 2. The Morgan fingerprint density at radius 3 is 2.76 bits per heavy atom. The van der Waals surface area contributed by atoms with E-state index < -0.39 is 0 Å². The molecule has 0 atom stereocenters. The first-order valence-corrected chi connectivity index (χ1v) is 9.23. The number of carbonyl (C=O) groups excluding carboxylic acids is 1. The quantitative estimate of drug-likeness (QED) is 0.707. The molecule has 3 aromatic rings. The van der Waals surface area contributed by atoms with Crippen molar-refractivity contribution >= 4 is 22.9 Å². The molecular formula is C20H20N2O2S. The second-order valence-electron chi connectivity index (χ2n) is 6.63. The lowest BCUT2D eigenvalue weighted by Gasteiger charge is -2.09. The molecule has 4 rings (SSSR count). The summed E-state index contributed by atoms with van der Waals surface area (Å²) in [6.45, 7) is 8.00. The first-order valence-electron chi connectivity index (χ1n) is 8.41. The van der Waals surface area contributed by atoms with Gasteiger partial charge in [0, 0.05) is 28.1 Å². The molecule has 1 aliphatic carbocycles. The summed E-state index contributed by atoms with van der Waals surface area (Å²) in [6, 6.07) is 5.98. The van der Waals surface area contributed by atoms with E-state index in [1.54, 1.807) is 11.3 Å². The van der Waals surface area contributed by atoms with Gasteiger partial charge >= 0.3 is 0 Å². The fourth-order valence-electron chi connectivity index (χ4n) is 3.47. The number of furan rings is 1. The molecule has 0 radical (unpaired) electrons. The van der Waals surface area contributed by atoms with E-state index in [9.17, 15) is 4.79 Å². The van der Waals surface area contributed by atoms with Gasteiger partial charge in [-0.25, -0.2) is 4.98 Å². The molecule has 0 fully saturated rings. The van der Waals surface area contributed by atoms with Crippen molar-refractivity contribution in [1.82, 2.24) is 4.98 Å². The van der Waals surface area contributed by atoms with E-state index in [0.29, 0.717) is 5.76 Å². The second kappa shape index (κ2) is 5.85. The van der Waals surface area contributed by atoms with Gasteiger partial charge in [-0.2, -0.15) is 0 Å². The molecular weight excluding hydrogens is 332 g/mol. The summed E-state index contributed by atoms with van der Waals surface area (Å²) in [6.07, 6.45) is 1.75. The highest BCUT2D eigenvalue weighted by Crippen LogP contribution is 2.41. The minimum Gasteiger partial charge on any atom is -0.455 e. The summed E-state index contributed by atoms with van der Waals surface area (Å²) in [5, 5.41) is 4.04. The fourth-order valence-corrected chi connectivity index (χ4v) is 4.41. The number of fused-ring (bicyclic) bond motifs is 3. The number of hydrogen-bond donors (Lipinski definition) is 1. The van der Waals surface area contributed by atoms with Gasteiger partial charge in [0.2, 0.25) is 0 Å². The number of nitrogens with one attached hydrogen (secondary N) is 1. The van der Waals surface area contributed by atoms with Gasteiger partial charge in [-0.05, 0) is 45.7 Å². The van der Waals surface area contributed by atoms with Crippen LogP contribution < -0.4 is 5.32 Å². The third-order valence-electron chi connectivity index (χ3n) is 4.68. The number of carbonyl (C=O) groups is 1. The van der Waals surface area contributed by atoms with E-state index in [-0.39, 0.29) is 5.91 Å². The Labute approximate surface area is 150 Å². The number of nitrogens with zero attached hydrogens (tertiary/aromatic N) is 1. The van der Waals surface area contributed by atoms with E-state index in [1.807, 2.05) is 39.8 Å². The Kier molecular flexibility index (Phi) is 3.76. The topological polar surface area (TPSA) is 55.1 Å². The van der Waals surface area contributed by atoms with Crippen molar-refractivity contribution in [3.63, 3.8) is 0 Å². The van der Waals surface area contributed by atoms with E-state index in [4.69, 9.17) is 4.42 Å². The molecule has 0 aliphatic heterocycles.